The van der Waals surface area contributed by atoms with E-state index in [0.29, 0.717) is 59.6 Å². The summed E-state index contributed by atoms with van der Waals surface area (Å²) in [6, 6.07) is 34.2. The molecule has 6 heterocycles. The Morgan fingerprint density at radius 3 is 1.01 bits per heavy atom. The second kappa shape index (κ2) is 26.2. The molecule has 14 rings (SSSR count). The Morgan fingerprint density at radius 1 is 0.381 bits per heavy atom. The highest BCUT2D eigenvalue weighted by molar-refractivity contribution is 9.10. The molecule has 0 fully saturated rings. The van der Waals surface area contributed by atoms with Gasteiger partial charge in [-0.1, -0.05) is 36.4 Å². The zero-order valence-electron chi connectivity index (χ0n) is 51.5. The van der Waals surface area contributed by atoms with Crippen molar-refractivity contribution in [1.82, 2.24) is 29.7 Å². The highest BCUT2D eigenvalue weighted by Crippen LogP contribution is 2.46. The molecule has 3 unspecified atom stereocenters. The van der Waals surface area contributed by atoms with E-state index in [-0.39, 0.29) is 78.9 Å². The second-order valence-corrected chi connectivity index (χ2v) is 27.0. The van der Waals surface area contributed by atoms with Gasteiger partial charge in [-0.3, -0.25) is 43.5 Å². The van der Waals surface area contributed by atoms with E-state index in [9.17, 15) is 67.9 Å². The number of rotatable bonds is 11. The van der Waals surface area contributed by atoms with E-state index >= 15 is 0 Å². The van der Waals surface area contributed by atoms with Gasteiger partial charge in [-0.05, 0) is 176 Å². The molecule has 0 N–H and O–H groups in total. The molecule has 14 nitrogen and oxygen atoms in total. The molecule has 0 saturated heterocycles. The third-order valence-corrected chi connectivity index (χ3v) is 20.5. The number of hydrogen-bond acceptors (Lipinski definition) is 13. The lowest BCUT2D eigenvalue weighted by atomic mass is 9.97. The summed E-state index contributed by atoms with van der Waals surface area (Å²) in [6.07, 6.45) is 4.53. The van der Waals surface area contributed by atoms with Gasteiger partial charge >= 0.3 is 0 Å². The molecule has 3 atom stereocenters. The van der Waals surface area contributed by atoms with Crippen LogP contribution in [0.25, 0.3) is 55.0 Å². The number of pyridine rings is 3. The maximum absolute atomic E-state index is 14.3. The van der Waals surface area contributed by atoms with Crippen LogP contribution in [0.3, 0.4) is 0 Å². The van der Waals surface area contributed by atoms with Crippen LogP contribution in [-0.4, -0.2) is 92.3 Å². The molecule has 3 aliphatic rings. The molecule has 3 aliphatic heterocycles. The number of nitrogens with zero attached hydrogens (tertiary/aromatic N) is 6. The van der Waals surface area contributed by atoms with Crippen molar-refractivity contribution in [2.45, 2.75) is 53.6 Å². The SMILES string of the molecule is CC(c1nc2ccc(F)cc2c(S(C)(=O)=O)c1-c1cc(F)cc(F)c1)N1C(=O)c2ccccc2C1=O.CSc1c(-c2cc(F)cc(F)c2)c(C(C)N2C(=O)c3ccccc3C2=O)nc2ccc(F)cc12.CSc1c(Br)c(C(C)N2C(=O)c3ccccc3C2=O)nc2ccc(F)cc12. The van der Waals surface area contributed by atoms with E-state index in [1.807, 2.05) is 6.26 Å². The largest absolute Gasteiger partial charge is 0.269 e. The first kappa shape index (κ1) is 67.0. The molecule has 6 amide bonds. The summed E-state index contributed by atoms with van der Waals surface area (Å²) in [5.74, 6) is -7.98. The Hall–Kier alpha value is -9.95. The molecule has 0 radical (unpaired) electrons. The van der Waals surface area contributed by atoms with Gasteiger partial charge in [-0.15, -0.1) is 23.5 Å². The number of hydrogen-bond donors (Lipinski definition) is 0. The van der Waals surface area contributed by atoms with Crippen LogP contribution in [0.1, 0.15) is 118 Å². The van der Waals surface area contributed by atoms with E-state index in [1.54, 1.807) is 86.8 Å². The summed E-state index contributed by atoms with van der Waals surface area (Å²) in [5, 5.41) is 1.05. The molecule has 488 valence electrons. The van der Waals surface area contributed by atoms with Gasteiger partial charge in [0.25, 0.3) is 35.4 Å². The van der Waals surface area contributed by atoms with Gasteiger partial charge in [0.2, 0.25) is 0 Å². The third kappa shape index (κ3) is 12.1. The lowest BCUT2D eigenvalue weighted by Gasteiger charge is -2.26. The fraction of sp³-hybridized carbons (Fsp3) is 0.125. The molecule has 25 heteroatoms. The zero-order chi connectivity index (χ0) is 69.4. The Bertz CT molecular complexity index is 5230. The predicted molar refractivity (Wildman–Crippen MR) is 356 cm³/mol. The van der Waals surface area contributed by atoms with E-state index in [1.165, 1.54) is 83.9 Å². The first-order valence-electron chi connectivity index (χ1n) is 29.4. The molecular formula is C72H48BrF7N6O8S3. The number of aromatic nitrogens is 3. The normalized spacial score (nSPS) is 14.4. The minimum atomic E-state index is -4.15. The Balaban J connectivity index is 0.000000140. The Labute approximate surface area is 565 Å². The molecular weight excluding hydrogens is 1390 g/mol. The van der Waals surface area contributed by atoms with Gasteiger partial charge in [0.05, 0.1) is 94.5 Å². The van der Waals surface area contributed by atoms with Gasteiger partial charge < -0.3 is 0 Å². The topological polar surface area (TPSA) is 185 Å². The van der Waals surface area contributed by atoms with Crippen molar-refractivity contribution in [3.05, 3.63) is 259 Å². The van der Waals surface area contributed by atoms with Crippen molar-refractivity contribution in [3.8, 4) is 22.3 Å². The van der Waals surface area contributed by atoms with Crippen molar-refractivity contribution in [3.63, 3.8) is 0 Å². The van der Waals surface area contributed by atoms with Crippen molar-refractivity contribution in [1.29, 1.82) is 0 Å². The zero-order valence-corrected chi connectivity index (χ0v) is 55.6. The molecule has 8 aromatic carbocycles. The van der Waals surface area contributed by atoms with Gasteiger partial charge in [-0.25, -0.2) is 54.1 Å². The highest BCUT2D eigenvalue weighted by atomic mass is 79.9. The number of thioether (sulfide) groups is 2. The van der Waals surface area contributed by atoms with Gasteiger partial charge in [0.15, 0.2) is 9.84 Å². The number of halogens is 8. The fourth-order valence-electron chi connectivity index (χ4n) is 12.3. The van der Waals surface area contributed by atoms with Crippen LogP contribution in [-0.2, 0) is 9.84 Å². The van der Waals surface area contributed by atoms with E-state index in [0.717, 1.165) is 63.4 Å². The number of imide groups is 3. The Morgan fingerprint density at radius 2 is 0.670 bits per heavy atom. The lowest BCUT2D eigenvalue weighted by Crippen LogP contribution is -2.33. The number of sulfone groups is 1. The smallest absolute Gasteiger partial charge is 0.262 e. The summed E-state index contributed by atoms with van der Waals surface area (Å²) < 4.78 is 126. The van der Waals surface area contributed by atoms with E-state index < -0.39 is 91.4 Å². The minimum absolute atomic E-state index is 0.0657. The standard InChI is InChI=1S/C26H17F3N2O4S.C26H17F3N2O2S.C20H14BrFN2O2S/c1-13(31-25(32)18-5-3-4-6-19(18)26(31)33)23-22(14-9-16(28)11-17(29)10-14)24(36(2,34)35)20-12-15(27)7-8-21(20)30-23;1-13(31-25(32)18-5-3-4-6-19(18)26(31)33)23-22(14-9-16(28)11-17(29)10-14)24(34-2)20-12-15(27)7-8-21(20)30-23;1-10(24-19(25)12-5-3-4-6-13(12)20(24)26)17-16(21)18(27-2)14-9-11(22)7-8-15(14)23-17/h3-13H,1-2H3;3-13H,1-2H3;3-10H,1-2H3. The summed E-state index contributed by atoms with van der Waals surface area (Å²) in [7, 11) is -4.15. The third-order valence-electron chi connectivity index (χ3n) is 16.6. The maximum Gasteiger partial charge on any atom is 0.262 e. The first-order chi connectivity index (χ1) is 46.2. The number of benzene rings is 8. The Kier molecular flexibility index (Phi) is 18.1. The van der Waals surface area contributed by atoms with Crippen LogP contribution >= 0.6 is 39.5 Å². The first-order valence-corrected chi connectivity index (χ1v) is 34.5. The molecule has 0 spiro atoms. The summed E-state index contributed by atoms with van der Waals surface area (Å²) in [5.41, 5.74) is 3.68. The summed E-state index contributed by atoms with van der Waals surface area (Å²) >= 11 is 6.27. The summed E-state index contributed by atoms with van der Waals surface area (Å²) in [4.78, 5) is 96.2. The highest BCUT2D eigenvalue weighted by Gasteiger charge is 2.44. The number of fused-ring (bicyclic) bond motifs is 6. The van der Waals surface area contributed by atoms with Crippen LogP contribution in [0.15, 0.2) is 183 Å². The average Bonchev–Trinajstić information content (AvgIpc) is 1.65. The number of carbonyl (C=O) groups excluding carboxylic acids is 6. The van der Waals surface area contributed by atoms with Crippen molar-refractivity contribution >= 4 is 117 Å². The van der Waals surface area contributed by atoms with Crippen molar-refractivity contribution < 1.29 is 67.9 Å². The van der Waals surface area contributed by atoms with Crippen LogP contribution in [0.4, 0.5) is 30.7 Å². The van der Waals surface area contributed by atoms with Crippen LogP contribution < -0.4 is 0 Å². The van der Waals surface area contributed by atoms with E-state index in [2.05, 4.69) is 30.9 Å². The quantitative estimate of drug-likeness (QED) is 0.0677. The molecule has 3 aromatic heterocycles. The number of carbonyl (C=O) groups is 6. The van der Waals surface area contributed by atoms with Crippen LogP contribution in [0.2, 0.25) is 0 Å². The van der Waals surface area contributed by atoms with Crippen LogP contribution in [0.5, 0.6) is 0 Å². The minimum Gasteiger partial charge on any atom is -0.269 e. The molecule has 97 heavy (non-hydrogen) atoms. The second-order valence-electron chi connectivity index (χ2n) is 22.6. The van der Waals surface area contributed by atoms with Gasteiger partial charge in [-0.2, -0.15) is 0 Å². The molecule has 0 bridgehead atoms. The van der Waals surface area contributed by atoms with Gasteiger partial charge in [0, 0.05) is 55.5 Å². The lowest BCUT2D eigenvalue weighted by molar-refractivity contribution is 0.0576. The van der Waals surface area contributed by atoms with E-state index in [4.69, 9.17) is 0 Å². The van der Waals surface area contributed by atoms with Gasteiger partial charge in [0.1, 0.15) is 40.7 Å². The van der Waals surface area contributed by atoms with Crippen molar-refractivity contribution in [2.24, 2.45) is 0 Å². The molecule has 0 aliphatic carbocycles. The fourth-order valence-corrected chi connectivity index (χ4v) is 16.1. The van der Waals surface area contributed by atoms with Crippen LogP contribution in [0, 0.1) is 40.7 Å². The summed E-state index contributed by atoms with van der Waals surface area (Å²) in [6.45, 7) is 4.88. The monoisotopic (exact) mass is 1430 g/mol. The average molecular weight is 1430 g/mol. The number of amides is 6. The molecule has 11 aromatic rings. The predicted octanol–water partition coefficient (Wildman–Crippen LogP) is 16.7. The maximum atomic E-state index is 14.3. The molecule has 0 saturated carbocycles. The van der Waals surface area contributed by atoms with Crippen molar-refractivity contribution in [2.75, 3.05) is 18.8 Å².